The molecule has 2 heterocycles. The molecule has 102 valence electrons. The van der Waals surface area contributed by atoms with E-state index < -0.39 is 5.97 Å². The number of aliphatic carboxylic acids is 1. The Hall–Kier alpha value is -2.89. The van der Waals surface area contributed by atoms with Crippen LogP contribution in [0, 0.1) is 0 Å². The van der Waals surface area contributed by atoms with Gasteiger partial charge in [-0.1, -0.05) is 0 Å². The highest BCUT2D eigenvalue weighted by molar-refractivity contribution is 5.98. The summed E-state index contributed by atoms with van der Waals surface area (Å²) in [5.74, 6) is -1.39. The summed E-state index contributed by atoms with van der Waals surface area (Å²) in [6.45, 7) is 0.333. The zero-order chi connectivity index (χ0) is 14.4. The maximum Gasteiger partial charge on any atom is 0.328 e. The van der Waals surface area contributed by atoms with Crippen LogP contribution in [0.25, 0.3) is 6.08 Å². The largest absolute Gasteiger partial charge is 0.478 e. The van der Waals surface area contributed by atoms with E-state index in [1.807, 2.05) is 0 Å². The molecule has 2 N–H and O–H groups in total. The van der Waals surface area contributed by atoms with Gasteiger partial charge < -0.3 is 14.8 Å². The van der Waals surface area contributed by atoms with E-state index in [9.17, 15) is 9.59 Å². The molecule has 2 aromatic rings. The number of hydrogen-bond acceptors (Lipinski definition) is 4. The predicted molar refractivity (Wildman–Crippen MR) is 70.8 cm³/mol. The summed E-state index contributed by atoms with van der Waals surface area (Å²) in [7, 11) is 0. The number of pyridine rings is 1. The first-order valence-corrected chi connectivity index (χ1v) is 5.81. The van der Waals surface area contributed by atoms with Crippen molar-refractivity contribution in [2.24, 2.45) is 0 Å². The van der Waals surface area contributed by atoms with Gasteiger partial charge in [0.15, 0.2) is 0 Å². The summed E-state index contributed by atoms with van der Waals surface area (Å²) in [6, 6.07) is 3.28. The Morgan fingerprint density at radius 3 is 2.95 bits per heavy atom. The fraction of sp³-hybridized carbons (Fsp3) is 0.0714. The van der Waals surface area contributed by atoms with E-state index >= 15 is 0 Å². The normalized spacial score (nSPS) is 10.6. The molecule has 0 saturated carbocycles. The van der Waals surface area contributed by atoms with E-state index in [1.165, 1.54) is 37.1 Å². The smallest absolute Gasteiger partial charge is 0.328 e. The second kappa shape index (κ2) is 6.33. The molecule has 0 spiro atoms. The maximum atomic E-state index is 12.1. The number of aromatic nitrogens is 1. The van der Waals surface area contributed by atoms with Crippen molar-refractivity contribution in [2.45, 2.75) is 6.54 Å². The van der Waals surface area contributed by atoms with Gasteiger partial charge in [0.05, 0.1) is 12.5 Å². The molecular formula is C14H12N2O4. The number of amides is 1. The first-order valence-electron chi connectivity index (χ1n) is 5.81. The molecule has 0 aliphatic rings. The average Bonchev–Trinajstić information content (AvgIpc) is 2.96. The van der Waals surface area contributed by atoms with Gasteiger partial charge in [0.25, 0.3) is 5.91 Å². The lowest BCUT2D eigenvalue weighted by atomic mass is 10.1. The maximum absolute atomic E-state index is 12.1. The summed E-state index contributed by atoms with van der Waals surface area (Å²) in [5.41, 5.74) is 1.65. The van der Waals surface area contributed by atoms with Crippen molar-refractivity contribution >= 4 is 18.0 Å². The lowest BCUT2D eigenvalue weighted by Crippen LogP contribution is -2.23. The lowest BCUT2D eigenvalue weighted by molar-refractivity contribution is -0.131. The Morgan fingerprint density at radius 2 is 2.25 bits per heavy atom. The number of hydrogen-bond donors (Lipinski definition) is 2. The van der Waals surface area contributed by atoms with Gasteiger partial charge in [-0.25, -0.2) is 4.79 Å². The number of nitrogens with one attached hydrogen (secondary N) is 1. The Balaban J connectivity index is 2.11. The predicted octanol–water partition coefficient (Wildman–Crippen LogP) is 1.70. The lowest BCUT2D eigenvalue weighted by Gasteiger charge is -2.06. The van der Waals surface area contributed by atoms with Gasteiger partial charge in [-0.2, -0.15) is 0 Å². The molecule has 0 radical (unpaired) electrons. The van der Waals surface area contributed by atoms with Crippen molar-refractivity contribution in [3.63, 3.8) is 0 Å². The van der Waals surface area contributed by atoms with E-state index in [4.69, 9.17) is 9.52 Å². The molecule has 6 nitrogen and oxygen atoms in total. The minimum Gasteiger partial charge on any atom is -0.478 e. The van der Waals surface area contributed by atoms with E-state index in [2.05, 4.69) is 10.3 Å². The Kier molecular flexibility index (Phi) is 4.28. The monoisotopic (exact) mass is 272 g/mol. The molecule has 1 amide bonds. The van der Waals surface area contributed by atoms with Gasteiger partial charge >= 0.3 is 5.97 Å². The molecule has 0 aliphatic heterocycles. The average molecular weight is 272 g/mol. The summed E-state index contributed by atoms with van der Waals surface area (Å²) >= 11 is 0. The third-order valence-electron chi connectivity index (χ3n) is 2.54. The van der Waals surface area contributed by atoms with Crippen LogP contribution in [0.1, 0.15) is 21.5 Å². The molecule has 0 bridgehead atoms. The van der Waals surface area contributed by atoms with Crippen LogP contribution in [0.2, 0.25) is 0 Å². The number of carboxylic acids is 1. The van der Waals surface area contributed by atoms with Crippen molar-refractivity contribution in [1.29, 1.82) is 0 Å². The van der Waals surface area contributed by atoms with Crippen LogP contribution in [0.3, 0.4) is 0 Å². The molecule has 0 aromatic carbocycles. The summed E-state index contributed by atoms with van der Waals surface area (Å²) in [6.07, 6.45) is 8.27. The second-order valence-electron chi connectivity index (χ2n) is 3.95. The third-order valence-corrected chi connectivity index (χ3v) is 2.54. The summed E-state index contributed by atoms with van der Waals surface area (Å²) in [4.78, 5) is 26.4. The number of nitrogens with zero attached hydrogens (tertiary/aromatic N) is 1. The molecule has 0 saturated heterocycles. The van der Waals surface area contributed by atoms with Crippen LogP contribution in [0.4, 0.5) is 0 Å². The van der Waals surface area contributed by atoms with Crippen LogP contribution in [0.15, 0.2) is 47.5 Å². The standard InChI is InChI=1S/C14H12N2O4/c17-13(18)2-1-11-8-15-5-3-12(11)14(19)16-7-10-4-6-20-9-10/h1-6,8-9H,7H2,(H,16,19)(H,17,18)/b2-1+. The Morgan fingerprint density at radius 1 is 1.40 bits per heavy atom. The van der Waals surface area contributed by atoms with E-state index in [1.54, 1.807) is 6.07 Å². The van der Waals surface area contributed by atoms with Crippen molar-refractivity contribution in [1.82, 2.24) is 10.3 Å². The van der Waals surface area contributed by atoms with Gasteiger partial charge in [0.2, 0.25) is 0 Å². The van der Waals surface area contributed by atoms with Crippen LogP contribution in [-0.4, -0.2) is 22.0 Å². The van der Waals surface area contributed by atoms with Crippen molar-refractivity contribution in [2.75, 3.05) is 0 Å². The molecule has 6 heteroatoms. The number of furan rings is 1. The van der Waals surface area contributed by atoms with E-state index in [0.29, 0.717) is 17.7 Å². The molecular weight excluding hydrogens is 260 g/mol. The molecule has 0 unspecified atom stereocenters. The number of carbonyl (C=O) groups is 2. The van der Waals surface area contributed by atoms with Gasteiger partial charge in [-0.3, -0.25) is 9.78 Å². The quantitative estimate of drug-likeness (QED) is 0.808. The Bertz CT molecular complexity index is 632. The SMILES string of the molecule is O=C(O)/C=C/c1cnccc1C(=O)NCc1ccoc1. The minimum atomic E-state index is -1.08. The third kappa shape index (κ3) is 3.55. The number of carbonyl (C=O) groups excluding carboxylic acids is 1. The molecule has 0 fully saturated rings. The van der Waals surface area contributed by atoms with Gasteiger partial charge in [-0.15, -0.1) is 0 Å². The highest BCUT2D eigenvalue weighted by Gasteiger charge is 2.09. The van der Waals surface area contributed by atoms with Crippen LogP contribution < -0.4 is 5.32 Å². The first kappa shape index (κ1) is 13.5. The topological polar surface area (TPSA) is 92.4 Å². The fourth-order valence-electron chi connectivity index (χ4n) is 1.58. The number of carboxylic acid groups (broad SMARTS) is 1. The highest BCUT2D eigenvalue weighted by Crippen LogP contribution is 2.09. The van der Waals surface area contributed by atoms with E-state index in [0.717, 1.165) is 11.6 Å². The van der Waals surface area contributed by atoms with E-state index in [-0.39, 0.29) is 5.91 Å². The summed E-state index contributed by atoms with van der Waals surface area (Å²) < 4.78 is 4.90. The fourth-order valence-corrected chi connectivity index (χ4v) is 1.58. The summed E-state index contributed by atoms with van der Waals surface area (Å²) in [5, 5.41) is 11.3. The van der Waals surface area contributed by atoms with Gasteiger partial charge in [0, 0.05) is 41.7 Å². The van der Waals surface area contributed by atoms with Crippen LogP contribution in [-0.2, 0) is 11.3 Å². The zero-order valence-electron chi connectivity index (χ0n) is 10.4. The zero-order valence-corrected chi connectivity index (χ0v) is 10.4. The van der Waals surface area contributed by atoms with Crippen molar-refractivity contribution in [3.05, 3.63) is 59.8 Å². The minimum absolute atomic E-state index is 0.307. The molecule has 0 atom stereocenters. The van der Waals surface area contributed by atoms with Crippen molar-refractivity contribution in [3.8, 4) is 0 Å². The van der Waals surface area contributed by atoms with Gasteiger partial charge in [0.1, 0.15) is 0 Å². The molecule has 2 rings (SSSR count). The van der Waals surface area contributed by atoms with Crippen molar-refractivity contribution < 1.29 is 19.1 Å². The van der Waals surface area contributed by atoms with Gasteiger partial charge in [-0.05, 0) is 18.2 Å². The highest BCUT2D eigenvalue weighted by atomic mass is 16.4. The number of rotatable bonds is 5. The second-order valence-corrected chi connectivity index (χ2v) is 3.95. The molecule has 20 heavy (non-hydrogen) atoms. The molecule has 2 aromatic heterocycles. The Labute approximate surface area is 114 Å². The van der Waals surface area contributed by atoms with Crippen LogP contribution >= 0.6 is 0 Å². The molecule has 0 aliphatic carbocycles. The van der Waals surface area contributed by atoms with Crippen LogP contribution in [0.5, 0.6) is 0 Å². The first-order chi connectivity index (χ1) is 9.66.